The number of rotatable bonds is 4. The normalized spacial score (nSPS) is 11.7. The third-order valence-electron chi connectivity index (χ3n) is 3.17. The lowest BCUT2D eigenvalue weighted by atomic mass is 9.83. The van der Waals surface area contributed by atoms with Crippen molar-refractivity contribution < 1.29 is 9.13 Å². The second kappa shape index (κ2) is 5.85. The Morgan fingerprint density at radius 3 is 2.45 bits per heavy atom. The standard InChI is InChI=1S/C15H16ClFN2O/c1-15(2,10-4-6-11(17)7-5-10)14-18-12(9-20-3)8-13(16)19-14/h4-8H,9H2,1-3H3. The van der Waals surface area contributed by atoms with Gasteiger partial charge in [0.2, 0.25) is 0 Å². The fraction of sp³-hybridized carbons (Fsp3) is 0.333. The molecule has 0 aliphatic heterocycles. The molecule has 1 aromatic heterocycles. The van der Waals surface area contributed by atoms with Crippen LogP contribution in [0, 0.1) is 5.82 Å². The highest BCUT2D eigenvalue weighted by Crippen LogP contribution is 2.30. The zero-order valence-corrected chi connectivity index (χ0v) is 12.4. The molecule has 0 saturated carbocycles. The second-order valence-corrected chi connectivity index (χ2v) is 5.46. The Morgan fingerprint density at radius 2 is 1.85 bits per heavy atom. The van der Waals surface area contributed by atoms with Gasteiger partial charge < -0.3 is 4.74 Å². The fourth-order valence-electron chi connectivity index (χ4n) is 1.96. The Hall–Kier alpha value is -1.52. The minimum Gasteiger partial charge on any atom is -0.378 e. The van der Waals surface area contributed by atoms with Gasteiger partial charge in [-0.25, -0.2) is 14.4 Å². The molecular formula is C15H16ClFN2O. The van der Waals surface area contributed by atoms with E-state index in [4.69, 9.17) is 16.3 Å². The summed E-state index contributed by atoms with van der Waals surface area (Å²) in [5, 5.41) is 0.372. The van der Waals surface area contributed by atoms with Gasteiger partial charge in [-0.1, -0.05) is 23.7 Å². The molecule has 0 N–H and O–H groups in total. The van der Waals surface area contributed by atoms with Crippen molar-refractivity contribution in [3.8, 4) is 0 Å². The van der Waals surface area contributed by atoms with Crippen LogP contribution < -0.4 is 0 Å². The highest BCUT2D eigenvalue weighted by molar-refractivity contribution is 6.29. The summed E-state index contributed by atoms with van der Waals surface area (Å²) in [6.07, 6.45) is 0. The highest BCUT2D eigenvalue weighted by Gasteiger charge is 2.27. The van der Waals surface area contributed by atoms with Gasteiger partial charge in [0.1, 0.15) is 16.8 Å². The first kappa shape index (κ1) is 14.9. The van der Waals surface area contributed by atoms with E-state index in [0.29, 0.717) is 17.6 Å². The van der Waals surface area contributed by atoms with E-state index < -0.39 is 5.41 Å². The van der Waals surface area contributed by atoms with E-state index >= 15 is 0 Å². The molecule has 0 amide bonds. The summed E-state index contributed by atoms with van der Waals surface area (Å²) in [5.74, 6) is 0.320. The lowest BCUT2D eigenvalue weighted by molar-refractivity contribution is 0.181. The SMILES string of the molecule is COCc1cc(Cl)nc(C(C)(C)c2ccc(F)cc2)n1. The zero-order chi connectivity index (χ0) is 14.8. The Kier molecular flexibility index (Phi) is 4.35. The van der Waals surface area contributed by atoms with Gasteiger partial charge in [-0.2, -0.15) is 0 Å². The summed E-state index contributed by atoms with van der Waals surface area (Å²) in [7, 11) is 1.60. The van der Waals surface area contributed by atoms with Crippen LogP contribution in [0.25, 0.3) is 0 Å². The third-order valence-corrected chi connectivity index (χ3v) is 3.36. The molecule has 20 heavy (non-hydrogen) atoms. The second-order valence-electron chi connectivity index (χ2n) is 5.07. The number of methoxy groups -OCH3 is 1. The van der Waals surface area contributed by atoms with Gasteiger partial charge in [-0.3, -0.25) is 0 Å². The van der Waals surface area contributed by atoms with Crippen molar-refractivity contribution in [2.75, 3.05) is 7.11 Å². The number of halogens is 2. The van der Waals surface area contributed by atoms with Crippen LogP contribution in [0.15, 0.2) is 30.3 Å². The van der Waals surface area contributed by atoms with Gasteiger partial charge in [0.25, 0.3) is 0 Å². The predicted molar refractivity (Wildman–Crippen MR) is 76.3 cm³/mol. The van der Waals surface area contributed by atoms with Crippen molar-refractivity contribution in [1.82, 2.24) is 9.97 Å². The number of ether oxygens (including phenoxy) is 1. The van der Waals surface area contributed by atoms with E-state index in [-0.39, 0.29) is 5.82 Å². The monoisotopic (exact) mass is 294 g/mol. The van der Waals surface area contributed by atoms with Crippen LogP contribution >= 0.6 is 11.6 Å². The molecule has 3 nitrogen and oxygen atoms in total. The van der Waals surface area contributed by atoms with Crippen LogP contribution in [0.2, 0.25) is 5.15 Å². The minimum absolute atomic E-state index is 0.267. The molecule has 0 atom stereocenters. The summed E-state index contributed by atoms with van der Waals surface area (Å²) >= 11 is 6.04. The first-order valence-corrected chi connectivity index (χ1v) is 6.60. The fourth-order valence-corrected chi connectivity index (χ4v) is 2.17. The van der Waals surface area contributed by atoms with Gasteiger partial charge >= 0.3 is 0 Å². The lowest BCUT2D eigenvalue weighted by Gasteiger charge is -2.24. The van der Waals surface area contributed by atoms with Gasteiger partial charge in [0.15, 0.2) is 0 Å². The maximum Gasteiger partial charge on any atom is 0.140 e. The molecule has 1 aromatic carbocycles. The molecule has 0 fully saturated rings. The van der Waals surface area contributed by atoms with E-state index in [9.17, 15) is 4.39 Å². The molecule has 0 aliphatic rings. The summed E-state index contributed by atoms with van der Waals surface area (Å²) in [5.41, 5.74) is 1.17. The minimum atomic E-state index is -0.471. The quantitative estimate of drug-likeness (QED) is 0.806. The van der Waals surface area contributed by atoms with Crippen LogP contribution in [0.1, 0.15) is 30.9 Å². The van der Waals surface area contributed by atoms with Crippen LogP contribution in [0.5, 0.6) is 0 Å². The zero-order valence-electron chi connectivity index (χ0n) is 11.7. The van der Waals surface area contributed by atoms with E-state index in [0.717, 1.165) is 11.3 Å². The average Bonchev–Trinajstić information content (AvgIpc) is 2.39. The topological polar surface area (TPSA) is 35.0 Å². The molecule has 5 heteroatoms. The number of nitrogens with zero attached hydrogens (tertiary/aromatic N) is 2. The largest absolute Gasteiger partial charge is 0.378 e. The molecule has 0 aliphatic carbocycles. The Balaban J connectivity index is 2.45. The number of hydrogen-bond donors (Lipinski definition) is 0. The lowest BCUT2D eigenvalue weighted by Crippen LogP contribution is -2.23. The first-order valence-electron chi connectivity index (χ1n) is 6.22. The number of aromatic nitrogens is 2. The van der Waals surface area contributed by atoms with Crippen LogP contribution in [0.4, 0.5) is 4.39 Å². The van der Waals surface area contributed by atoms with Crippen LogP contribution in [-0.2, 0) is 16.8 Å². The van der Waals surface area contributed by atoms with E-state index in [2.05, 4.69) is 9.97 Å². The highest BCUT2D eigenvalue weighted by atomic mass is 35.5. The van der Waals surface area contributed by atoms with Crippen molar-refractivity contribution in [2.24, 2.45) is 0 Å². The van der Waals surface area contributed by atoms with Crippen molar-refractivity contribution >= 4 is 11.6 Å². The van der Waals surface area contributed by atoms with Crippen molar-refractivity contribution in [3.05, 3.63) is 58.4 Å². The molecule has 2 aromatic rings. The van der Waals surface area contributed by atoms with Gasteiger partial charge in [-0.05, 0) is 37.6 Å². The van der Waals surface area contributed by atoms with E-state index in [1.165, 1.54) is 12.1 Å². The van der Waals surface area contributed by atoms with Crippen LogP contribution in [0.3, 0.4) is 0 Å². The van der Waals surface area contributed by atoms with Gasteiger partial charge in [0.05, 0.1) is 12.3 Å². The molecule has 0 unspecified atom stereocenters. The third kappa shape index (κ3) is 3.14. The molecule has 106 valence electrons. The Morgan fingerprint density at radius 1 is 1.20 bits per heavy atom. The summed E-state index contributed by atoms with van der Waals surface area (Å²) in [6, 6.07) is 8.00. The number of hydrogen-bond acceptors (Lipinski definition) is 3. The number of benzene rings is 1. The molecular weight excluding hydrogens is 279 g/mol. The van der Waals surface area contributed by atoms with E-state index in [1.54, 1.807) is 25.3 Å². The van der Waals surface area contributed by atoms with E-state index in [1.807, 2.05) is 13.8 Å². The Bertz CT molecular complexity index is 599. The first-order chi connectivity index (χ1) is 9.43. The molecule has 1 heterocycles. The van der Waals surface area contributed by atoms with Crippen molar-refractivity contribution in [1.29, 1.82) is 0 Å². The molecule has 0 radical (unpaired) electrons. The van der Waals surface area contributed by atoms with Crippen LogP contribution in [-0.4, -0.2) is 17.1 Å². The average molecular weight is 295 g/mol. The molecule has 0 bridgehead atoms. The van der Waals surface area contributed by atoms with Gasteiger partial charge in [-0.15, -0.1) is 0 Å². The molecule has 0 spiro atoms. The maximum absolute atomic E-state index is 13.0. The smallest absolute Gasteiger partial charge is 0.140 e. The van der Waals surface area contributed by atoms with Gasteiger partial charge in [0, 0.05) is 12.5 Å². The van der Waals surface area contributed by atoms with Crippen molar-refractivity contribution in [3.63, 3.8) is 0 Å². The summed E-state index contributed by atoms with van der Waals surface area (Å²) in [4.78, 5) is 8.77. The summed E-state index contributed by atoms with van der Waals surface area (Å²) < 4.78 is 18.1. The maximum atomic E-state index is 13.0. The summed E-state index contributed by atoms with van der Waals surface area (Å²) in [6.45, 7) is 4.32. The molecule has 0 saturated heterocycles. The molecule has 2 rings (SSSR count). The Labute approximate surface area is 122 Å². The van der Waals surface area contributed by atoms with Crippen molar-refractivity contribution in [2.45, 2.75) is 25.9 Å². The predicted octanol–water partition coefficient (Wildman–Crippen LogP) is 3.74.